The van der Waals surface area contributed by atoms with E-state index in [9.17, 15) is 4.79 Å². The number of hydrogen-bond acceptors (Lipinski definition) is 1. The van der Waals surface area contributed by atoms with E-state index in [0.29, 0.717) is 5.92 Å². The fourth-order valence-corrected chi connectivity index (χ4v) is 2.39. The summed E-state index contributed by atoms with van der Waals surface area (Å²) in [7, 11) is 0. The second-order valence-electron chi connectivity index (χ2n) is 4.50. The zero-order valence-electron chi connectivity index (χ0n) is 9.56. The molecule has 0 aromatic heterocycles. The quantitative estimate of drug-likeness (QED) is 0.551. The average Bonchev–Trinajstić information content (AvgIpc) is 2.38. The molecule has 84 valence electrons. The lowest BCUT2D eigenvalue weighted by Gasteiger charge is -2.18. The number of hydrogen-bond donors (Lipinski definition) is 0. The topological polar surface area (TPSA) is 17.1 Å². The highest BCUT2D eigenvalue weighted by Crippen LogP contribution is 2.27. The number of benzene rings is 1. The molecule has 1 aliphatic carbocycles. The second-order valence-corrected chi connectivity index (χ2v) is 4.50. The number of carbonyl (C=O) groups is 1. The maximum Gasteiger partial charge on any atom is 0.150 e. The van der Waals surface area contributed by atoms with Crippen molar-refractivity contribution in [3.05, 3.63) is 42.0 Å². The third kappa shape index (κ3) is 2.82. The number of rotatable bonds is 3. The minimum atomic E-state index is 0.606. The van der Waals surface area contributed by atoms with Crippen LogP contribution in [-0.4, -0.2) is 6.29 Å². The summed E-state index contributed by atoms with van der Waals surface area (Å²) < 4.78 is 0. The predicted molar refractivity (Wildman–Crippen MR) is 67.1 cm³/mol. The molecule has 1 fully saturated rings. The lowest BCUT2D eigenvalue weighted by atomic mass is 9.87. The van der Waals surface area contributed by atoms with Crippen LogP contribution < -0.4 is 0 Å². The Morgan fingerprint density at radius 2 is 1.75 bits per heavy atom. The van der Waals surface area contributed by atoms with Gasteiger partial charge in [-0.25, -0.2) is 0 Å². The first kappa shape index (κ1) is 11.1. The molecule has 16 heavy (non-hydrogen) atoms. The molecule has 1 saturated carbocycles. The van der Waals surface area contributed by atoms with E-state index in [0.717, 1.165) is 17.4 Å². The molecule has 1 aromatic rings. The molecule has 0 N–H and O–H groups in total. The first-order valence-corrected chi connectivity index (χ1v) is 6.12. The van der Waals surface area contributed by atoms with Gasteiger partial charge < -0.3 is 0 Å². The summed E-state index contributed by atoms with van der Waals surface area (Å²) >= 11 is 0. The first-order valence-electron chi connectivity index (χ1n) is 6.12. The molecular formula is C15H18O. The summed E-state index contributed by atoms with van der Waals surface area (Å²) in [5.41, 5.74) is 1.90. The van der Waals surface area contributed by atoms with Crippen LogP contribution in [0.1, 0.15) is 37.7 Å². The maximum absolute atomic E-state index is 11.1. The largest absolute Gasteiger partial charge is 0.298 e. The fourth-order valence-electron chi connectivity index (χ4n) is 2.39. The van der Waals surface area contributed by atoms with Crippen molar-refractivity contribution in [3.63, 3.8) is 0 Å². The number of carbonyl (C=O) groups excluding carboxylic acids is 1. The van der Waals surface area contributed by atoms with E-state index >= 15 is 0 Å². The van der Waals surface area contributed by atoms with Crippen LogP contribution in [0.15, 0.2) is 36.4 Å². The SMILES string of the molecule is O=C/C(=C/C1CCCCC1)c1ccccc1. The third-order valence-electron chi connectivity index (χ3n) is 3.30. The molecule has 0 heterocycles. The van der Waals surface area contributed by atoms with Crippen LogP contribution in [0.3, 0.4) is 0 Å². The van der Waals surface area contributed by atoms with Gasteiger partial charge in [-0.3, -0.25) is 4.79 Å². The van der Waals surface area contributed by atoms with E-state index in [4.69, 9.17) is 0 Å². The summed E-state index contributed by atoms with van der Waals surface area (Å²) in [4.78, 5) is 11.1. The summed E-state index contributed by atoms with van der Waals surface area (Å²) in [5, 5.41) is 0. The summed E-state index contributed by atoms with van der Waals surface area (Å²) in [6.07, 6.45) is 9.61. The Bertz CT molecular complexity index is 358. The molecule has 1 aromatic carbocycles. The highest BCUT2D eigenvalue weighted by atomic mass is 16.1. The predicted octanol–water partition coefficient (Wildman–Crippen LogP) is 3.85. The molecule has 0 unspecified atom stereocenters. The lowest BCUT2D eigenvalue weighted by Crippen LogP contribution is -2.04. The van der Waals surface area contributed by atoms with Gasteiger partial charge in [0.1, 0.15) is 6.29 Å². The Labute approximate surface area is 97.2 Å². The first-order chi connectivity index (χ1) is 7.90. The van der Waals surface area contributed by atoms with Crippen molar-refractivity contribution in [2.75, 3.05) is 0 Å². The summed E-state index contributed by atoms with van der Waals surface area (Å²) in [6, 6.07) is 9.94. The van der Waals surface area contributed by atoms with Gasteiger partial charge in [0, 0.05) is 5.57 Å². The molecule has 0 bridgehead atoms. The van der Waals surface area contributed by atoms with Crippen LogP contribution in [0.2, 0.25) is 0 Å². The van der Waals surface area contributed by atoms with Crippen LogP contribution in [-0.2, 0) is 4.79 Å². The van der Waals surface area contributed by atoms with Crippen LogP contribution in [0, 0.1) is 5.92 Å². The van der Waals surface area contributed by atoms with Gasteiger partial charge in [-0.15, -0.1) is 0 Å². The second kappa shape index (κ2) is 5.64. The zero-order valence-corrected chi connectivity index (χ0v) is 9.56. The van der Waals surface area contributed by atoms with Gasteiger partial charge >= 0.3 is 0 Å². The average molecular weight is 214 g/mol. The van der Waals surface area contributed by atoms with E-state index in [1.165, 1.54) is 32.1 Å². The van der Waals surface area contributed by atoms with Gasteiger partial charge in [-0.1, -0.05) is 55.7 Å². The highest BCUT2D eigenvalue weighted by Gasteiger charge is 2.12. The van der Waals surface area contributed by atoms with E-state index < -0.39 is 0 Å². The minimum absolute atomic E-state index is 0.606. The highest BCUT2D eigenvalue weighted by molar-refractivity contribution is 6.06. The van der Waals surface area contributed by atoms with Crippen LogP contribution >= 0.6 is 0 Å². The summed E-state index contributed by atoms with van der Waals surface area (Å²) in [6.45, 7) is 0. The molecule has 0 radical (unpaired) electrons. The van der Waals surface area contributed by atoms with E-state index in [1.54, 1.807) is 0 Å². The van der Waals surface area contributed by atoms with E-state index in [1.807, 2.05) is 30.3 Å². The Morgan fingerprint density at radius 3 is 2.38 bits per heavy atom. The van der Waals surface area contributed by atoms with Gasteiger partial charge in [-0.05, 0) is 24.3 Å². The van der Waals surface area contributed by atoms with Gasteiger partial charge in [-0.2, -0.15) is 0 Å². The molecule has 1 heteroatoms. The number of aldehydes is 1. The van der Waals surface area contributed by atoms with Gasteiger partial charge in [0.15, 0.2) is 0 Å². The molecule has 1 aliphatic rings. The Morgan fingerprint density at radius 1 is 1.06 bits per heavy atom. The Hall–Kier alpha value is -1.37. The molecule has 0 amide bonds. The molecule has 0 saturated heterocycles. The molecule has 0 aliphatic heterocycles. The zero-order chi connectivity index (χ0) is 11.2. The Balaban J connectivity index is 2.15. The number of allylic oxidation sites excluding steroid dienone is 2. The van der Waals surface area contributed by atoms with Crippen LogP contribution in [0.25, 0.3) is 5.57 Å². The van der Waals surface area contributed by atoms with Crippen molar-refractivity contribution in [3.8, 4) is 0 Å². The minimum Gasteiger partial charge on any atom is -0.298 e. The van der Waals surface area contributed by atoms with Crippen molar-refractivity contribution in [1.29, 1.82) is 0 Å². The van der Waals surface area contributed by atoms with Crippen molar-refractivity contribution in [1.82, 2.24) is 0 Å². The smallest absolute Gasteiger partial charge is 0.150 e. The van der Waals surface area contributed by atoms with Gasteiger partial charge in [0.2, 0.25) is 0 Å². The molecule has 0 atom stereocenters. The molecule has 1 nitrogen and oxygen atoms in total. The molecular weight excluding hydrogens is 196 g/mol. The van der Waals surface area contributed by atoms with Crippen LogP contribution in [0.5, 0.6) is 0 Å². The van der Waals surface area contributed by atoms with Crippen LogP contribution in [0.4, 0.5) is 0 Å². The molecule has 2 rings (SSSR count). The normalized spacial score (nSPS) is 18.4. The van der Waals surface area contributed by atoms with Gasteiger partial charge in [0.25, 0.3) is 0 Å². The third-order valence-corrected chi connectivity index (χ3v) is 3.30. The van der Waals surface area contributed by atoms with Gasteiger partial charge in [0.05, 0.1) is 0 Å². The van der Waals surface area contributed by atoms with Crippen molar-refractivity contribution < 1.29 is 4.79 Å². The molecule has 0 spiro atoms. The lowest BCUT2D eigenvalue weighted by molar-refractivity contribution is -0.103. The standard InChI is InChI=1S/C15H18O/c16-12-15(14-9-5-2-6-10-14)11-13-7-3-1-4-8-13/h2,5-6,9-13H,1,3-4,7-8H2/b15-11-. The Kier molecular flexibility index (Phi) is 3.92. The summed E-state index contributed by atoms with van der Waals surface area (Å²) in [5.74, 6) is 0.606. The van der Waals surface area contributed by atoms with E-state index in [-0.39, 0.29) is 0 Å². The maximum atomic E-state index is 11.1. The van der Waals surface area contributed by atoms with Crippen molar-refractivity contribution >= 4 is 11.9 Å². The van der Waals surface area contributed by atoms with Crippen molar-refractivity contribution in [2.24, 2.45) is 5.92 Å². The van der Waals surface area contributed by atoms with E-state index in [2.05, 4.69) is 6.08 Å². The van der Waals surface area contributed by atoms with Crippen molar-refractivity contribution in [2.45, 2.75) is 32.1 Å². The monoisotopic (exact) mass is 214 g/mol. The fraction of sp³-hybridized carbons (Fsp3) is 0.400.